The molecule has 1 fully saturated rings. The number of carbonyl (C=O) groups is 1. The summed E-state index contributed by atoms with van der Waals surface area (Å²) in [5, 5.41) is 0.404. The number of likely N-dealkylation sites (tertiary alicyclic amines) is 1. The molecule has 2 aliphatic heterocycles. The van der Waals surface area contributed by atoms with Crippen LogP contribution < -0.4 is 4.90 Å². The molecule has 5 heteroatoms. The lowest BCUT2D eigenvalue weighted by Gasteiger charge is -2.36. The van der Waals surface area contributed by atoms with Crippen LogP contribution in [0.3, 0.4) is 0 Å². The number of piperidine rings is 1. The summed E-state index contributed by atoms with van der Waals surface area (Å²) in [7, 11) is 2.15. The SMILES string of the molecule is Cc1ccc2c(c1)C1CN(C)CCC1N2C(=O)c1ccc(Cl)nc1. The van der Waals surface area contributed by atoms with Crippen molar-refractivity contribution >= 4 is 23.2 Å². The molecule has 0 aliphatic carbocycles. The summed E-state index contributed by atoms with van der Waals surface area (Å²) < 4.78 is 0. The fourth-order valence-corrected chi connectivity index (χ4v) is 4.10. The molecule has 1 aromatic heterocycles. The van der Waals surface area contributed by atoms with Crippen molar-refractivity contribution in [3.8, 4) is 0 Å². The van der Waals surface area contributed by atoms with Crippen LogP contribution in [0.15, 0.2) is 36.5 Å². The third-order valence-electron chi connectivity index (χ3n) is 5.15. The maximum absolute atomic E-state index is 13.2. The number of carbonyl (C=O) groups excluding carboxylic acids is 1. The number of hydrogen-bond acceptors (Lipinski definition) is 3. The highest BCUT2D eigenvalue weighted by Gasteiger charge is 2.44. The number of aromatic nitrogens is 1. The van der Waals surface area contributed by atoms with Gasteiger partial charge in [0.2, 0.25) is 0 Å². The van der Waals surface area contributed by atoms with E-state index >= 15 is 0 Å². The van der Waals surface area contributed by atoms with Gasteiger partial charge in [-0.05, 0) is 50.7 Å². The molecule has 2 aliphatic rings. The Balaban J connectivity index is 1.77. The summed E-state index contributed by atoms with van der Waals surface area (Å²) in [4.78, 5) is 21.6. The predicted molar refractivity (Wildman–Crippen MR) is 95.9 cm³/mol. The highest BCUT2D eigenvalue weighted by Crippen LogP contribution is 2.45. The van der Waals surface area contributed by atoms with Gasteiger partial charge in [0.1, 0.15) is 5.15 Å². The van der Waals surface area contributed by atoms with E-state index in [4.69, 9.17) is 11.6 Å². The first-order valence-corrected chi connectivity index (χ1v) is 8.66. The molecule has 1 amide bonds. The van der Waals surface area contributed by atoms with Crippen molar-refractivity contribution in [1.29, 1.82) is 0 Å². The molecule has 0 spiro atoms. The van der Waals surface area contributed by atoms with Crippen molar-refractivity contribution < 1.29 is 4.79 Å². The Labute approximate surface area is 147 Å². The molecule has 1 saturated heterocycles. The normalized spacial score (nSPS) is 23.0. The molecule has 0 N–H and O–H groups in total. The van der Waals surface area contributed by atoms with Gasteiger partial charge in [0, 0.05) is 30.4 Å². The van der Waals surface area contributed by atoms with Crippen LogP contribution in [0.5, 0.6) is 0 Å². The fraction of sp³-hybridized carbons (Fsp3) is 0.368. The topological polar surface area (TPSA) is 36.4 Å². The molecule has 4 rings (SSSR count). The monoisotopic (exact) mass is 341 g/mol. The number of pyridine rings is 1. The lowest BCUT2D eigenvalue weighted by molar-refractivity contribution is 0.0964. The van der Waals surface area contributed by atoms with Crippen LogP contribution in [0.4, 0.5) is 5.69 Å². The van der Waals surface area contributed by atoms with Gasteiger partial charge in [-0.1, -0.05) is 29.3 Å². The van der Waals surface area contributed by atoms with Crippen molar-refractivity contribution in [3.63, 3.8) is 0 Å². The highest BCUT2D eigenvalue weighted by atomic mass is 35.5. The van der Waals surface area contributed by atoms with E-state index in [1.807, 2.05) is 4.90 Å². The molecule has 2 unspecified atom stereocenters. The first-order chi connectivity index (χ1) is 11.5. The Kier molecular flexibility index (Phi) is 3.82. The number of aryl methyl sites for hydroxylation is 1. The molecule has 3 heterocycles. The number of nitrogens with zero attached hydrogens (tertiary/aromatic N) is 3. The van der Waals surface area contributed by atoms with Crippen LogP contribution in [0.1, 0.15) is 33.8 Å². The van der Waals surface area contributed by atoms with Gasteiger partial charge in [-0.3, -0.25) is 4.79 Å². The maximum atomic E-state index is 13.2. The summed E-state index contributed by atoms with van der Waals surface area (Å²) in [5.74, 6) is 0.393. The van der Waals surface area contributed by atoms with Crippen LogP contribution >= 0.6 is 11.6 Å². The molecule has 2 aromatic rings. The Hall–Kier alpha value is -1.91. The van der Waals surface area contributed by atoms with Crippen LogP contribution in [0.25, 0.3) is 0 Å². The number of halogens is 1. The maximum Gasteiger partial charge on any atom is 0.260 e. The fourth-order valence-electron chi connectivity index (χ4n) is 3.99. The molecular weight excluding hydrogens is 322 g/mol. The van der Waals surface area contributed by atoms with E-state index in [0.717, 1.165) is 25.2 Å². The minimum Gasteiger partial charge on any atom is -0.306 e. The summed E-state index contributed by atoms with van der Waals surface area (Å²) in [5.41, 5.74) is 4.17. The first kappa shape index (κ1) is 15.6. The summed E-state index contributed by atoms with van der Waals surface area (Å²) >= 11 is 5.86. The molecule has 0 bridgehead atoms. The van der Waals surface area contributed by atoms with Crippen LogP contribution in [0, 0.1) is 6.92 Å². The highest BCUT2D eigenvalue weighted by molar-refractivity contribution is 6.29. The predicted octanol–water partition coefficient (Wildman–Crippen LogP) is 3.49. The van der Waals surface area contributed by atoms with E-state index < -0.39 is 0 Å². The second-order valence-corrected chi connectivity index (χ2v) is 7.22. The summed E-state index contributed by atoms with van der Waals surface area (Å²) in [6.07, 6.45) is 2.56. The van der Waals surface area contributed by atoms with Crippen molar-refractivity contribution in [1.82, 2.24) is 9.88 Å². The standard InChI is InChI=1S/C19H20ClN3O/c1-12-3-5-16-14(9-12)15-11-22(2)8-7-17(15)23(16)19(24)13-4-6-18(20)21-10-13/h3-6,9-10,15,17H,7-8,11H2,1-2H3. The second-order valence-electron chi connectivity index (χ2n) is 6.83. The number of benzene rings is 1. The number of fused-ring (bicyclic) bond motifs is 3. The molecule has 4 nitrogen and oxygen atoms in total. The van der Waals surface area contributed by atoms with Gasteiger partial charge in [-0.2, -0.15) is 0 Å². The second kappa shape index (κ2) is 5.87. The molecule has 124 valence electrons. The average molecular weight is 342 g/mol. The van der Waals surface area contributed by atoms with E-state index in [1.54, 1.807) is 18.3 Å². The van der Waals surface area contributed by atoms with Gasteiger partial charge in [-0.25, -0.2) is 4.98 Å². The summed E-state index contributed by atoms with van der Waals surface area (Å²) in [6.45, 7) is 4.11. The Morgan fingerprint density at radius 1 is 1.29 bits per heavy atom. The third kappa shape index (κ3) is 2.50. The minimum absolute atomic E-state index is 0.0151. The zero-order valence-corrected chi connectivity index (χ0v) is 14.6. The van der Waals surface area contributed by atoms with Gasteiger partial charge in [-0.15, -0.1) is 0 Å². The Morgan fingerprint density at radius 2 is 2.12 bits per heavy atom. The van der Waals surface area contributed by atoms with Crippen LogP contribution in [0.2, 0.25) is 5.15 Å². The number of anilines is 1. The first-order valence-electron chi connectivity index (χ1n) is 8.29. The van der Waals surface area contributed by atoms with E-state index in [1.165, 1.54) is 11.1 Å². The number of likely N-dealkylation sites (N-methyl/N-ethyl adjacent to an activating group) is 1. The largest absolute Gasteiger partial charge is 0.306 e. The lowest BCUT2D eigenvalue weighted by atomic mass is 9.89. The molecule has 24 heavy (non-hydrogen) atoms. The smallest absolute Gasteiger partial charge is 0.260 e. The van der Waals surface area contributed by atoms with Crippen molar-refractivity contribution in [3.05, 3.63) is 58.4 Å². The molecule has 0 radical (unpaired) electrons. The van der Waals surface area contributed by atoms with E-state index in [9.17, 15) is 4.79 Å². The van der Waals surface area contributed by atoms with E-state index in [0.29, 0.717) is 16.6 Å². The van der Waals surface area contributed by atoms with Gasteiger partial charge in [0.15, 0.2) is 0 Å². The Bertz CT molecular complexity index is 790. The van der Waals surface area contributed by atoms with E-state index in [-0.39, 0.29) is 11.9 Å². The Morgan fingerprint density at radius 3 is 2.88 bits per heavy atom. The quantitative estimate of drug-likeness (QED) is 0.745. The van der Waals surface area contributed by atoms with Gasteiger partial charge < -0.3 is 9.80 Å². The van der Waals surface area contributed by atoms with Crippen molar-refractivity contribution in [2.75, 3.05) is 25.0 Å². The molecular formula is C19H20ClN3O. The van der Waals surface area contributed by atoms with Gasteiger partial charge in [0.05, 0.1) is 5.56 Å². The third-order valence-corrected chi connectivity index (χ3v) is 5.37. The average Bonchev–Trinajstić information content (AvgIpc) is 2.88. The lowest BCUT2D eigenvalue weighted by Crippen LogP contribution is -2.47. The number of hydrogen-bond donors (Lipinski definition) is 0. The van der Waals surface area contributed by atoms with Crippen molar-refractivity contribution in [2.45, 2.75) is 25.3 Å². The van der Waals surface area contributed by atoms with Gasteiger partial charge in [0.25, 0.3) is 5.91 Å². The molecule has 1 aromatic carbocycles. The number of rotatable bonds is 1. The minimum atomic E-state index is 0.0151. The van der Waals surface area contributed by atoms with Gasteiger partial charge >= 0.3 is 0 Å². The van der Waals surface area contributed by atoms with E-state index in [2.05, 4.69) is 42.1 Å². The number of amides is 1. The zero-order valence-electron chi connectivity index (χ0n) is 13.9. The summed E-state index contributed by atoms with van der Waals surface area (Å²) in [6, 6.07) is 10.1. The zero-order chi connectivity index (χ0) is 16.8. The molecule has 2 atom stereocenters. The van der Waals surface area contributed by atoms with Crippen LogP contribution in [-0.4, -0.2) is 42.0 Å². The van der Waals surface area contributed by atoms with Crippen molar-refractivity contribution in [2.24, 2.45) is 0 Å². The van der Waals surface area contributed by atoms with Crippen LogP contribution in [-0.2, 0) is 0 Å². The molecule has 0 saturated carbocycles.